The molecule has 0 aliphatic carbocycles. The van der Waals surface area contributed by atoms with E-state index >= 15 is 0 Å². The zero-order valence-electron chi connectivity index (χ0n) is 13.2. The molecular formula is C18H24O4. The van der Waals surface area contributed by atoms with E-state index in [-0.39, 0.29) is 12.4 Å². The van der Waals surface area contributed by atoms with Gasteiger partial charge in [-0.05, 0) is 31.5 Å². The lowest BCUT2D eigenvalue weighted by Gasteiger charge is -2.29. The molecule has 0 radical (unpaired) electrons. The fourth-order valence-electron chi connectivity index (χ4n) is 2.13. The van der Waals surface area contributed by atoms with Crippen LogP contribution in [0, 0.1) is 0 Å². The quantitative estimate of drug-likeness (QED) is 0.721. The first kappa shape index (κ1) is 16.7. The molecule has 120 valence electrons. The summed E-state index contributed by atoms with van der Waals surface area (Å²) in [5.74, 6) is 0.872. The summed E-state index contributed by atoms with van der Waals surface area (Å²) in [6.07, 6.45) is 7.49. The number of ether oxygens (including phenoxy) is 4. The number of rotatable bonds is 7. The Kier molecular flexibility index (Phi) is 7.16. The summed E-state index contributed by atoms with van der Waals surface area (Å²) in [7, 11) is 0. The largest absolute Gasteiger partial charge is 0.494 e. The Morgan fingerprint density at radius 2 is 1.95 bits per heavy atom. The molecule has 2 rings (SSSR count). The van der Waals surface area contributed by atoms with Gasteiger partial charge in [-0.3, -0.25) is 0 Å². The maximum atomic E-state index is 5.83. The van der Waals surface area contributed by atoms with Gasteiger partial charge >= 0.3 is 0 Å². The van der Waals surface area contributed by atoms with Gasteiger partial charge in [0.15, 0.2) is 6.29 Å². The van der Waals surface area contributed by atoms with Crippen molar-refractivity contribution < 1.29 is 18.9 Å². The van der Waals surface area contributed by atoms with Crippen molar-refractivity contribution in [2.75, 3.05) is 26.4 Å². The van der Waals surface area contributed by atoms with Gasteiger partial charge in [0.2, 0.25) is 0 Å². The summed E-state index contributed by atoms with van der Waals surface area (Å²) < 4.78 is 22.5. The maximum absolute atomic E-state index is 5.83. The van der Waals surface area contributed by atoms with Gasteiger partial charge in [-0.25, -0.2) is 0 Å². The molecule has 22 heavy (non-hydrogen) atoms. The summed E-state index contributed by atoms with van der Waals surface area (Å²) >= 11 is 0. The smallest absolute Gasteiger partial charge is 0.181 e. The van der Waals surface area contributed by atoms with Crippen molar-refractivity contribution in [1.82, 2.24) is 0 Å². The van der Waals surface area contributed by atoms with E-state index in [0.29, 0.717) is 26.4 Å². The van der Waals surface area contributed by atoms with E-state index in [1.165, 1.54) is 0 Å². The predicted octanol–water partition coefficient (Wildman–Crippen LogP) is 3.65. The standard InChI is InChI=1S/C18H24O4/c1-3-5-6-7-12-20-18-14-21-17(13-22-18)15-8-10-16(11-9-15)19-4-2/h3,5-11,17-18H,4,12-14H2,1-2H3/b5-3+,7-6+/t17-,18+/m1/s1. The lowest BCUT2D eigenvalue weighted by atomic mass is 10.1. The van der Waals surface area contributed by atoms with Crippen molar-refractivity contribution >= 4 is 0 Å². The number of benzene rings is 1. The fraction of sp³-hybridized carbons (Fsp3) is 0.444. The average molecular weight is 304 g/mol. The summed E-state index contributed by atoms with van der Waals surface area (Å²) in [6.45, 7) is 6.08. The van der Waals surface area contributed by atoms with Crippen molar-refractivity contribution in [1.29, 1.82) is 0 Å². The van der Waals surface area contributed by atoms with E-state index in [1.54, 1.807) is 0 Å². The molecule has 0 unspecified atom stereocenters. The molecule has 1 aliphatic heterocycles. The topological polar surface area (TPSA) is 36.9 Å². The first-order chi connectivity index (χ1) is 10.8. The van der Waals surface area contributed by atoms with Crippen molar-refractivity contribution in [2.24, 2.45) is 0 Å². The van der Waals surface area contributed by atoms with Crippen LogP contribution >= 0.6 is 0 Å². The molecule has 0 saturated carbocycles. The molecule has 1 aromatic rings. The second-order valence-corrected chi connectivity index (χ2v) is 4.87. The zero-order chi connectivity index (χ0) is 15.6. The Morgan fingerprint density at radius 3 is 2.59 bits per heavy atom. The monoisotopic (exact) mass is 304 g/mol. The zero-order valence-corrected chi connectivity index (χ0v) is 13.2. The van der Waals surface area contributed by atoms with Crippen molar-refractivity contribution in [3.63, 3.8) is 0 Å². The van der Waals surface area contributed by atoms with E-state index in [0.717, 1.165) is 11.3 Å². The molecule has 4 nitrogen and oxygen atoms in total. The molecule has 4 heteroatoms. The first-order valence-corrected chi connectivity index (χ1v) is 7.69. The van der Waals surface area contributed by atoms with Gasteiger partial charge in [0.1, 0.15) is 11.9 Å². The van der Waals surface area contributed by atoms with Crippen molar-refractivity contribution in [3.8, 4) is 5.75 Å². The van der Waals surface area contributed by atoms with Gasteiger partial charge in [-0.15, -0.1) is 0 Å². The Morgan fingerprint density at radius 1 is 1.14 bits per heavy atom. The molecule has 1 fully saturated rings. The second kappa shape index (κ2) is 9.41. The average Bonchev–Trinajstić information content (AvgIpc) is 2.56. The summed E-state index contributed by atoms with van der Waals surface area (Å²) in [5, 5.41) is 0. The normalized spacial score (nSPS) is 22.5. The molecule has 0 spiro atoms. The molecule has 0 aromatic heterocycles. The minimum atomic E-state index is -0.297. The van der Waals surface area contributed by atoms with Gasteiger partial charge < -0.3 is 18.9 Å². The highest BCUT2D eigenvalue weighted by molar-refractivity contribution is 5.28. The lowest BCUT2D eigenvalue weighted by molar-refractivity contribution is -0.232. The molecule has 1 aromatic carbocycles. The number of hydrogen-bond donors (Lipinski definition) is 0. The van der Waals surface area contributed by atoms with E-state index in [1.807, 2.05) is 62.4 Å². The van der Waals surface area contributed by atoms with Crippen LogP contribution in [0.4, 0.5) is 0 Å². The molecular weight excluding hydrogens is 280 g/mol. The number of allylic oxidation sites excluding steroid dienone is 3. The highest BCUT2D eigenvalue weighted by atomic mass is 16.7. The number of hydrogen-bond acceptors (Lipinski definition) is 4. The van der Waals surface area contributed by atoms with Crippen LogP contribution in [0.1, 0.15) is 25.5 Å². The van der Waals surface area contributed by atoms with E-state index in [4.69, 9.17) is 18.9 Å². The van der Waals surface area contributed by atoms with Crippen LogP contribution in [0.25, 0.3) is 0 Å². The molecule has 1 heterocycles. The van der Waals surface area contributed by atoms with Crippen LogP contribution in [-0.2, 0) is 14.2 Å². The predicted molar refractivity (Wildman–Crippen MR) is 86.0 cm³/mol. The molecule has 1 aliphatic rings. The molecule has 1 saturated heterocycles. The SMILES string of the molecule is C/C=C/C=C/CO[C@@H]1CO[C@@H](c2ccc(OCC)cc2)CO1. The van der Waals surface area contributed by atoms with Crippen LogP contribution in [0.15, 0.2) is 48.6 Å². The van der Waals surface area contributed by atoms with Crippen LogP contribution in [-0.4, -0.2) is 32.7 Å². The van der Waals surface area contributed by atoms with Gasteiger partial charge in [0, 0.05) is 0 Å². The van der Waals surface area contributed by atoms with Crippen LogP contribution in [0.3, 0.4) is 0 Å². The Labute approximate surface area is 132 Å². The second-order valence-electron chi connectivity index (χ2n) is 4.87. The third kappa shape index (κ3) is 5.30. The lowest BCUT2D eigenvalue weighted by Crippen LogP contribution is -2.33. The third-order valence-electron chi connectivity index (χ3n) is 3.25. The van der Waals surface area contributed by atoms with Crippen LogP contribution in [0.5, 0.6) is 5.75 Å². The summed E-state index contributed by atoms with van der Waals surface area (Å²) in [5.41, 5.74) is 1.09. The van der Waals surface area contributed by atoms with Gasteiger partial charge in [-0.2, -0.15) is 0 Å². The van der Waals surface area contributed by atoms with Gasteiger partial charge in [-0.1, -0.05) is 36.4 Å². The highest BCUT2D eigenvalue weighted by Gasteiger charge is 2.23. The van der Waals surface area contributed by atoms with Crippen molar-refractivity contribution in [2.45, 2.75) is 26.2 Å². The Balaban J connectivity index is 1.74. The van der Waals surface area contributed by atoms with Crippen molar-refractivity contribution in [3.05, 3.63) is 54.1 Å². The minimum absolute atomic E-state index is 0.0471. The van der Waals surface area contributed by atoms with Crippen LogP contribution < -0.4 is 4.74 Å². The Hall–Kier alpha value is -1.62. The molecule has 0 amide bonds. The van der Waals surface area contributed by atoms with Crippen LogP contribution in [0.2, 0.25) is 0 Å². The molecule has 0 bridgehead atoms. The first-order valence-electron chi connectivity index (χ1n) is 7.69. The Bertz CT molecular complexity index is 470. The van der Waals surface area contributed by atoms with Gasteiger partial charge in [0.25, 0.3) is 0 Å². The van der Waals surface area contributed by atoms with Gasteiger partial charge in [0.05, 0.1) is 26.4 Å². The maximum Gasteiger partial charge on any atom is 0.181 e. The minimum Gasteiger partial charge on any atom is -0.494 e. The summed E-state index contributed by atoms with van der Waals surface area (Å²) in [4.78, 5) is 0. The van der Waals surface area contributed by atoms with E-state index in [2.05, 4.69) is 0 Å². The summed E-state index contributed by atoms with van der Waals surface area (Å²) in [6, 6.07) is 7.94. The van der Waals surface area contributed by atoms with E-state index < -0.39 is 0 Å². The molecule has 2 atom stereocenters. The van der Waals surface area contributed by atoms with E-state index in [9.17, 15) is 0 Å². The highest BCUT2D eigenvalue weighted by Crippen LogP contribution is 2.25. The molecule has 0 N–H and O–H groups in total. The fourth-order valence-corrected chi connectivity index (χ4v) is 2.13. The third-order valence-corrected chi connectivity index (χ3v) is 3.25.